The van der Waals surface area contributed by atoms with Gasteiger partial charge >= 0.3 is 0 Å². The smallest absolute Gasteiger partial charge is 0.226 e. The molecule has 0 aliphatic rings. The second-order valence-corrected chi connectivity index (χ2v) is 6.35. The fourth-order valence-electron chi connectivity index (χ4n) is 2.41. The van der Waals surface area contributed by atoms with Gasteiger partial charge in [-0.1, -0.05) is 30.0 Å². The van der Waals surface area contributed by atoms with Crippen LogP contribution < -0.4 is 0 Å². The maximum Gasteiger partial charge on any atom is 0.226 e. The number of aromatic nitrogens is 5. The van der Waals surface area contributed by atoms with Crippen LogP contribution in [0.15, 0.2) is 70.7 Å². The van der Waals surface area contributed by atoms with Crippen LogP contribution >= 0.6 is 11.8 Å². The highest BCUT2D eigenvalue weighted by Crippen LogP contribution is 2.26. The highest BCUT2D eigenvalue weighted by atomic mass is 32.2. The Morgan fingerprint density at radius 2 is 1.88 bits per heavy atom. The Kier molecular flexibility index (Phi) is 4.30. The van der Waals surface area contributed by atoms with Crippen LogP contribution in [-0.4, -0.2) is 24.7 Å². The third-order valence-corrected chi connectivity index (χ3v) is 4.73. The molecular weight excluding hydrogens is 334 g/mol. The van der Waals surface area contributed by atoms with Gasteiger partial charge in [-0.05, 0) is 24.3 Å². The minimum absolute atomic E-state index is 0.630. The summed E-state index contributed by atoms with van der Waals surface area (Å²) in [6.45, 7) is 0. The molecule has 7 heteroatoms. The van der Waals surface area contributed by atoms with Crippen molar-refractivity contribution in [3.8, 4) is 22.8 Å². The maximum atomic E-state index is 5.57. The monoisotopic (exact) mass is 349 g/mol. The number of oxazole rings is 1. The first-order chi connectivity index (χ1) is 12.3. The van der Waals surface area contributed by atoms with E-state index in [1.54, 1.807) is 30.4 Å². The van der Waals surface area contributed by atoms with Crippen LogP contribution in [0.1, 0.15) is 5.69 Å². The van der Waals surface area contributed by atoms with Crippen molar-refractivity contribution in [3.63, 3.8) is 0 Å². The molecule has 0 spiro atoms. The molecule has 4 rings (SSSR count). The Morgan fingerprint density at radius 1 is 1.04 bits per heavy atom. The minimum atomic E-state index is 0.630. The molecule has 0 saturated heterocycles. The molecule has 0 N–H and O–H groups in total. The van der Waals surface area contributed by atoms with Gasteiger partial charge in [-0.25, -0.2) is 4.98 Å². The van der Waals surface area contributed by atoms with Crippen molar-refractivity contribution in [2.45, 2.75) is 10.9 Å². The van der Waals surface area contributed by atoms with Gasteiger partial charge in [-0.2, -0.15) is 0 Å². The van der Waals surface area contributed by atoms with Crippen molar-refractivity contribution < 1.29 is 4.42 Å². The van der Waals surface area contributed by atoms with E-state index in [0.717, 1.165) is 27.8 Å². The lowest BCUT2D eigenvalue weighted by Gasteiger charge is -2.02. The van der Waals surface area contributed by atoms with Crippen LogP contribution in [0.2, 0.25) is 0 Å². The van der Waals surface area contributed by atoms with Crippen LogP contribution in [0.4, 0.5) is 0 Å². The van der Waals surface area contributed by atoms with E-state index in [1.807, 2.05) is 54.1 Å². The zero-order valence-corrected chi connectivity index (χ0v) is 14.3. The standard InChI is InChI=1S/C18H15N5OS/c1-23-16(14-8-5-9-19-10-14)21-22-18(23)25-12-15-11-24-17(20-15)13-6-3-2-4-7-13/h2-11H,12H2,1H3. The second kappa shape index (κ2) is 6.90. The van der Waals surface area contributed by atoms with Gasteiger partial charge in [0.1, 0.15) is 6.26 Å². The average Bonchev–Trinajstić information content (AvgIpc) is 3.28. The average molecular weight is 349 g/mol. The zero-order chi connectivity index (χ0) is 17.1. The molecule has 4 aromatic rings. The van der Waals surface area contributed by atoms with E-state index in [9.17, 15) is 0 Å². The first-order valence-corrected chi connectivity index (χ1v) is 8.72. The molecule has 0 unspecified atom stereocenters. The van der Waals surface area contributed by atoms with Crippen molar-refractivity contribution in [1.82, 2.24) is 24.7 Å². The van der Waals surface area contributed by atoms with Crippen LogP contribution in [-0.2, 0) is 12.8 Å². The molecule has 0 amide bonds. The molecule has 25 heavy (non-hydrogen) atoms. The number of rotatable bonds is 5. The molecule has 0 radical (unpaired) electrons. The zero-order valence-electron chi connectivity index (χ0n) is 13.5. The van der Waals surface area contributed by atoms with E-state index in [4.69, 9.17) is 4.42 Å². The van der Waals surface area contributed by atoms with E-state index < -0.39 is 0 Å². The van der Waals surface area contributed by atoms with E-state index >= 15 is 0 Å². The number of hydrogen-bond acceptors (Lipinski definition) is 6. The van der Waals surface area contributed by atoms with Crippen molar-refractivity contribution in [2.24, 2.45) is 7.05 Å². The van der Waals surface area contributed by atoms with Gasteiger partial charge in [0.2, 0.25) is 5.89 Å². The van der Waals surface area contributed by atoms with Gasteiger partial charge in [0.05, 0.1) is 5.69 Å². The second-order valence-electron chi connectivity index (χ2n) is 5.41. The topological polar surface area (TPSA) is 69.6 Å². The maximum absolute atomic E-state index is 5.57. The predicted octanol–water partition coefficient (Wildman–Crippen LogP) is 3.82. The number of thioether (sulfide) groups is 1. The third-order valence-electron chi connectivity index (χ3n) is 3.68. The fraction of sp³-hybridized carbons (Fsp3) is 0.111. The molecule has 0 aliphatic heterocycles. The lowest BCUT2D eigenvalue weighted by Crippen LogP contribution is -1.95. The summed E-state index contributed by atoms with van der Waals surface area (Å²) in [6.07, 6.45) is 5.21. The van der Waals surface area contributed by atoms with Gasteiger partial charge in [-0.3, -0.25) is 4.98 Å². The number of nitrogens with zero attached hydrogens (tertiary/aromatic N) is 5. The van der Waals surface area contributed by atoms with Gasteiger partial charge in [0.25, 0.3) is 0 Å². The van der Waals surface area contributed by atoms with Crippen LogP contribution in [0, 0.1) is 0 Å². The van der Waals surface area contributed by atoms with E-state index in [2.05, 4.69) is 20.2 Å². The molecular formula is C18H15N5OS. The van der Waals surface area contributed by atoms with Crippen LogP contribution in [0.25, 0.3) is 22.8 Å². The van der Waals surface area contributed by atoms with Crippen molar-refractivity contribution in [3.05, 3.63) is 66.8 Å². The van der Waals surface area contributed by atoms with Crippen molar-refractivity contribution >= 4 is 11.8 Å². The Labute approximate surface area is 149 Å². The summed E-state index contributed by atoms with van der Waals surface area (Å²) >= 11 is 1.57. The van der Waals surface area contributed by atoms with Crippen molar-refractivity contribution in [2.75, 3.05) is 0 Å². The molecule has 0 saturated carbocycles. The van der Waals surface area contributed by atoms with E-state index in [1.165, 1.54) is 0 Å². The van der Waals surface area contributed by atoms with Crippen molar-refractivity contribution in [1.29, 1.82) is 0 Å². The summed E-state index contributed by atoms with van der Waals surface area (Å²) in [4.78, 5) is 8.66. The summed E-state index contributed by atoms with van der Waals surface area (Å²) in [5, 5.41) is 9.34. The first kappa shape index (κ1) is 15.6. The Hall–Kier alpha value is -2.93. The predicted molar refractivity (Wildman–Crippen MR) is 95.7 cm³/mol. The summed E-state index contributed by atoms with van der Waals surface area (Å²) in [6, 6.07) is 13.7. The molecule has 0 aliphatic carbocycles. The quantitative estimate of drug-likeness (QED) is 0.510. The lowest BCUT2D eigenvalue weighted by atomic mass is 10.2. The Morgan fingerprint density at radius 3 is 2.68 bits per heavy atom. The minimum Gasteiger partial charge on any atom is -0.444 e. The van der Waals surface area contributed by atoms with Gasteiger partial charge < -0.3 is 8.98 Å². The summed E-state index contributed by atoms with van der Waals surface area (Å²) in [5.41, 5.74) is 2.78. The Bertz CT molecular complexity index is 966. The first-order valence-electron chi connectivity index (χ1n) is 7.73. The summed E-state index contributed by atoms with van der Waals surface area (Å²) < 4.78 is 7.53. The lowest BCUT2D eigenvalue weighted by molar-refractivity contribution is 0.573. The molecule has 6 nitrogen and oxygen atoms in total. The summed E-state index contributed by atoms with van der Waals surface area (Å²) in [7, 11) is 1.95. The van der Waals surface area contributed by atoms with Gasteiger partial charge in [-0.15, -0.1) is 10.2 Å². The highest BCUT2D eigenvalue weighted by molar-refractivity contribution is 7.98. The van der Waals surface area contributed by atoms with Crippen LogP contribution in [0.3, 0.4) is 0 Å². The molecule has 0 bridgehead atoms. The third kappa shape index (κ3) is 3.32. The molecule has 0 fully saturated rings. The molecule has 124 valence electrons. The van der Waals surface area contributed by atoms with Gasteiger partial charge in [0.15, 0.2) is 11.0 Å². The number of hydrogen-bond donors (Lipinski definition) is 0. The number of pyridine rings is 1. The molecule has 0 atom stereocenters. The SMILES string of the molecule is Cn1c(SCc2coc(-c3ccccc3)n2)nnc1-c1cccnc1. The van der Waals surface area contributed by atoms with Gasteiger partial charge in [0, 0.05) is 36.3 Å². The van der Waals surface area contributed by atoms with E-state index in [-0.39, 0.29) is 0 Å². The normalized spacial score (nSPS) is 10.9. The van der Waals surface area contributed by atoms with Crippen LogP contribution in [0.5, 0.6) is 0 Å². The molecule has 1 aromatic carbocycles. The highest BCUT2D eigenvalue weighted by Gasteiger charge is 2.13. The largest absolute Gasteiger partial charge is 0.444 e. The Balaban J connectivity index is 1.48. The molecule has 3 heterocycles. The summed E-state index contributed by atoms with van der Waals surface area (Å²) in [5.74, 6) is 2.08. The van der Waals surface area contributed by atoms with E-state index in [0.29, 0.717) is 11.6 Å². The number of benzene rings is 1. The fourth-order valence-corrected chi connectivity index (χ4v) is 3.20. The molecule has 3 aromatic heterocycles.